The Hall–Kier alpha value is -9.19. The average Bonchev–Trinajstić information content (AvgIpc) is 3.94. The van der Waals surface area contributed by atoms with Crippen molar-refractivity contribution in [3.05, 3.63) is 249 Å². The smallest absolute Gasteiger partial charge is 0.164 e. The van der Waals surface area contributed by atoms with Crippen LogP contribution in [0.2, 0.25) is 0 Å². The largest absolute Gasteiger partial charge is 0.309 e. The Kier molecular flexibility index (Phi) is 9.43. The van der Waals surface area contributed by atoms with Gasteiger partial charge in [0.05, 0.1) is 33.4 Å². The van der Waals surface area contributed by atoms with Crippen molar-refractivity contribution in [3.63, 3.8) is 0 Å². The fourth-order valence-corrected chi connectivity index (χ4v) is 10.1. The maximum atomic E-state index is 5.47. The van der Waals surface area contributed by atoms with Crippen LogP contribution in [0.25, 0.3) is 123 Å². The van der Waals surface area contributed by atoms with E-state index in [9.17, 15) is 0 Å². The van der Waals surface area contributed by atoms with E-state index in [2.05, 4.69) is 246 Å². The van der Waals surface area contributed by atoms with Crippen LogP contribution in [0.3, 0.4) is 0 Å². The van der Waals surface area contributed by atoms with Crippen molar-refractivity contribution in [1.29, 1.82) is 0 Å². The Labute approximate surface area is 393 Å². The summed E-state index contributed by atoms with van der Waals surface area (Å²) in [6.07, 6.45) is 0. The molecule has 0 N–H and O–H groups in total. The van der Waals surface area contributed by atoms with Crippen LogP contribution in [-0.4, -0.2) is 24.1 Å². The summed E-state index contributed by atoms with van der Waals surface area (Å²) in [4.78, 5) is 16.3. The first kappa shape index (κ1) is 39.2. The van der Waals surface area contributed by atoms with Gasteiger partial charge in [0.15, 0.2) is 17.5 Å². The predicted octanol–water partition coefficient (Wildman–Crippen LogP) is 16.1. The third-order valence-corrected chi connectivity index (χ3v) is 13.2. The standard InChI is InChI=1S/C63H41N5/c1-4-20-42(21-5-1)45-26-18-28-47(38-45)61-64-62(48-29-19-27-46(39-48)43-22-6-2-7-23-43)66-63(65-61)49-40-58(67-54-34-14-10-30-50(54)51-31-11-15-35-55(51)67)60(44-24-8-3-9-25-44)59(41-49)68-56-36-16-12-32-52(56)53-33-13-17-37-57(53)68/h1-41H. The van der Waals surface area contributed by atoms with Crippen LogP contribution < -0.4 is 0 Å². The highest BCUT2D eigenvalue weighted by atomic mass is 15.1. The molecule has 3 aromatic heterocycles. The van der Waals surface area contributed by atoms with Gasteiger partial charge >= 0.3 is 0 Å². The van der Waals surface area contributed by atoms with Gasteiger partial charge in [-0.15, -0.1) is 0 Å². The fourth-order valence-electron chi connectivity index (χ4n) is 10.1. The second-order valence-corrected chi connectivity index (χ2v) is 17.2. The van der Waals surface area contributed by atoms with Crippen molar-refractivity contribution in [2.24, 2.45) is 0 Å². The molecule has 0 spiro atoms. The summed E-state index contributed by atoms with van der Waals surface area (Å²) < 4.78 is 4.87. The molecule has 0 saturated heterocycles. The first-order valence-corrected chi connectivity index (χ1v) is 23.0. The van der Waals surface area contributed by atoms with E-state index < -0.39 is 0 Å². The van der Waals surface area contributed by atoms with Crippen LogP contribution in [0.15, 0.2) is 249 Å². The molecule has 3 heterocycles. The first-order chi connectivity index (χ1) is 33.7. The van der Waals surface area contributed by atoms with Gasteiger partial charge in [0, 0.05) is 43.8 Å². The highest BCUT2D eigenvalue weighted by Gasteiger charge is 2.25. The summed E-state index contributed by atoms with van der Waals surface area (Å²) in [7, 11) is 0. The molecule has 13 rings (SSSR count). The minimum absolute atomic E-state index is 0.573. The van der Waals surface area contributed by atoms with Gasteiger partial charge in [0.25, 0.3) is 0 Å². The summed E-state index contributed by atoms with van der Waals surface area (Å²) in [6.45, 7) is 0. The molecular weight excluding hydrogens is 827 g/mol. The number of fused-ring (bicyclic) bond motifs is 6. The predicted molar refractivity (Wildman–Crippen MR) is 281 cm³/mol. The van der Waals surface area contributed by atoms with E-state index in [-0.39, 0.29) is 0 Å². The fraction of sp³-hybridized carbons (Fsp3) is 0. The maximum absolute atomic E-state index is 5.47. The van der Waals surface area contributed by atoms with Crippen LogP contribution in [0.4, 0.5) is 0 Å². The quantitative estimate of drug-likeness (QED) is 0.153. The second-order valence-electron chi connectivity index (χ2n) is 17.2. The minimum Gasteiger partial charge on any atom is -0.309 e. The zero-order chi connectivity index (χ0) is 45.0. The van der Waals surface area contributed by atoms with Gasteiger partial charge in [-0.05, 0) is 76.3 Å². The van der Waals surface area contributed by atoms with E-state index in [4.69, 9.17) is 15.0 Å². The average molecular weight is 868 g/mol. The number of hydrogen-bond acceptors (Lipinski definition) is 3. The Morgan fingerprint density at radius 1 is 0.221 bits per heavy atom. The summed E-state index contributed by atoms with van der Waals surface area (Å²) >= 11 is 0. The van der Waals surface area contributed by atoms with Crippen molar-refractivity contribution in [2.45, 2.75) is 0 Å². The van der Waals surface area contributed by atoms with Crippen LogP contribution >= 0.6 is 0 Å². The van der Waals surface area contributed by atoms with Gasteiger partial charge in [0.1, 0.15) is 0 Å². The molecule has 0 saturated carbocycles. The van der Waals surface area contributed by atoms with Gasteiger partial charge in [-0.3, -0.25) is 0 Å². The van der Waals surface area contributed by atoms with Crippen LogP contribution in [-0.2, 0) is 0 Å². The Morgan fingerprint density at radius 3 is 0.897 bits per heavy atom. The van der Waals surface area contributed by atoms with Gasteiger partial charge in [0.2, 0.25) is 0 Å². The van der Waals surface area contributed by atoms with E-state index in [0.29, 0.717) is 17.5 Å². The lowest BCUT2D eigenvalue weighted by molar-refractivity contribution is 1.07. The molecule has 13 aromatic rings. The summed E-state index contributed by atoms with van der Waals surface area (Å²) in [5.41, 5.74) is 15.8. The first-order valence-electron chi connectivity index (χ1n) is 23.0. The highest BCUT2D eigenvalue weighted by Crippen LogP contribution is 2.44. The number of aromatic nitrogens is 5. The minimum atomic E-state index is 0.573. The molecule has 0 bridgehead atoms. The normalized spacial score (nSPS) is 11.5. The van der Waals surface area contributed by atoms with Gasteiger partial charge < -0.3 is 9.13 Å². The third kappa shape index (κ3) is 6.68. The lowest BCUT2D eigenvalue weighted by Crippen LogP contribution is -2.06. The molecule has 0 aliphatic rings. The molecule has 0 radical (unpaired) electrons. The number of benzene rings is 10. The zero-order valence-electron chi connectivity index (χ0n) is 36.9. The Morgan fingerprint density at radius 2 is 0.515 bits per heavy atom. The van der Waals surface area contributed by atoms with Crippen LogP contribution in [0.5, 0.6) is 0 Å². The molecule has 10 aromatic carbocycles. The Balaban J connectivity index is 1.15. The van der Waals surface area contributed by atoms with E-state index in [1.165, 1.54) is 21.5 Å². The third-order valence-electron chi connectivity index (χ3n) is 13.2. The summed E-state index contributed by atoms with van der Waals surface area (Å²) in [5.74, 6) is 1.76. The van der Waals surface area contributed by atoms with E-state index in [1.54, 1.807) is 0 Å². The Bertz CT molecular complexity index is 3680. The van der Waals surface area contributed by atoms with Crippen molar-refractivity contribution in [1.82, 2.24) is 24.1 Å². The molecule has 5 heteroatoms. The topological polar surface area (TPSA) is 48.5 Å². The van der Waals surface area contributed by atoms with Crippen molar-refractivity contribution < 1.29 is 0 Å². The van der Waals surface area contributed by atoms with E-state index >= 15 is 0 Å². The highest BCUT2D eigenvalue weighted by molar-refractivity contribution is 6.12. The molecule has 68 heavy (non-hydrogen) atoms. The summed E-state index contributed by atoms with van der Waals surface area (Å²) in [5, 5.41) is 4.75. The monoisotopic (exact) mass is 867 g/mol. The molecule has 318 valence electrons. The molecule has 0 unspecified atom stereocenters. The second kappa shape index (κ2) is 16.4. The van der Waals surface area contributed by atoms with E-state index in [1.807, 2.05) is 12.1 Å². The number of para-hydroxylation sites is 4. The van der Waals surface area contributed by atoms with Crippen molar-refractivity contribution in [3.8, 4) is 78.9 Å². The molecule has 5 nitrogen and oxygen atoms in total. The van der Waals surface area contributed by atoms with Crippen LogP contribution in [0, 0.1) is 0 Å². The number of hydrogen-bond donors (Lipinski definition) is 0. The molecule has 0 fully saturated rings. The van der Waals surface area contributed by atoms with Gasteiger partial charge in [-0.25, -0.2) is 15.0 Å². The number of rotatable bonds is 8. The summed E-state index contributed by atoms with van der Waals surface area (Å²) in [6, 6.07) is 88.2. The lowest BCUT2D eigenvalue weighted by atomic mass is 9.97. The maximum Gasteiger partial charge on any atom is 0.164 e. The zero-order valence-corrected chi connectivity index (χ0v) is 36.9. The van der Waals surface area contributed by atoms with Crippen LogP contribution in [0.1, 0.15) is 0 Å². The van der Waals surface area contributed by atoms with Gasteiger partial charge in [-0.1, -0.05) is 200 Å². The van der Waals surface area contributed by atoms with E-state index in [0.717, 1.165) is 83.5 Å². The molecule has 0 aliphatic heterocycles. The van der Waals surface area contributed by atoms with Crippen molar-refractivity contribution in [2.75, 3.05) is 0 Å². The molecule has 0 aliphatic carbocycles. The lowest BCUT2D eigenvalue weighted by Gasteiger charge is -2.22. The van der Waals surface area contributed by atoms with Crippen molar-refractivity contribution >= 4 is 43.6 Å². The molecule has 0 atom stereocenters. The number of nitrogens with zero attached hydrogens (tertiary/aromatic N) is 5. The molecule has 0 amide bonds. The SMILES string of the molecule is c1ccc(-c2cccc(-c3nc(-c4cccc(-c5ccccc5)c4)nc(-c4cc(-n5c6ccccc6c6ccccc65)c(-c5ccccc5)c(-n5c6ccccc6c6ccccc65)c4)n3)c2)cc1. The molecular formula is C63H41N5. The van der Waals surface area contributed by atoms with Gasteiger partial charge in [-0.2, -0.15) is 0 Å².